The van der Waals surface area contributed by atoms with Gasteiger partial charge in [0, 0.05) is 6.04 Å². The Labute approximate surface area is 111 Å². The van der Waals surface area contributed by atoms with Crippen molar-refractivity contribution in [2.24, 2.45) is 0 Å². The van der Waals surface area contributed by atoms with Crippen molar-refractivity contribution in [3.05, 3.63) is 35.9 Å². The lowest BCUT2D eigenvalue weighted by Gasteiger charge is -2.39. The number of hydrogen-bond acceptors (Lipinski definition) is 1. The molecule has 0 amide bonds. The van der Waals surface area contributed by atoms with Crippen molar-refractivity contribution in [2.75, 3.05) is 13.1 Å². The van der Waals surface area contributed by atoms with Crippen molar-refractivity contribution in [3.63, 3.8) is 0 Å². The first-order chi connectivity index (χ1) is 8.93. The summed E-state index contributed by atoms with van der Waals surface area (Å²) in [6, 6.07) is 12.0. The van der Waals surface area contributed by atoms with Gasteiger partial charge < -0.3 is 4.90 Å². The van der Waals surface area contributed by atoms with Crippen LogP contribution in [-0.2, 0) is 0 Å². The van der Waals surface area contributed by atoms with Gasteiger partial charge in [-0.2, -0.15) is 0 Å². The molecule has 0 atom stereocenters. The first kappa shape index (κ1) is 12.2. The molecule has 0 aromatic heterocycles. The van der Waals surface area contributed by atoms with E-state index in [0.717, 1.165) is 12.0 Å². The zero-order valence-electron chi connectivity index (χ0n) is 11.4. The molecule has 1 saturated carbocycles. The summed E-state index contributed by atoms with van der Waals surface area (Å²) in [5.74, 6) is 0.826. The van der Waals surface area contributed by atoms with Crippen LogP contribution in [0.1, 0.15) is 56.4 Å². The van der Waals surface area contributed by atoms with Gasteiger partial charge >= 0.3 is 0 Å². The predicted molar refractivity (Wildman–Crippen MR) is 76.9 cm³/mol. The Morgan fingerprint density at radius 1 is 0.778 bits per heavy atom. The van der Waals surface area contributed by atoms with Crippen LogP contribution in [0.3, 0.4) is 0 Å². The normalized spacial score (nSPS) is 30.2. The second-order valence-electron chi connectivity index (χ2n) is 6.01. The number of nitrogens with zero attached hydrogens (tertiary/aromatic N) is 1. The molecule has 98 valence electrons. The first-order valence-electron chi connectivity index (χ1n) is 7.72. The van der Waals surface area contributed by atoms with E-state index in [1.165, 1.54) is 58.0 Å². The molecule has 0 N–H and O–H groups in total. The molecule has 1 nitrogen and oxygen atoms in total. The highest BCUT2D eigenvalue weighted by Gasteiger charge is 2.27. The maximum atomic E-state index is 2.77. The standard InChI is InChI=1S/C17H25N/c1-3-7-15(8-4-1)16-9-11-17(12-10-16)18-13-5-2-6-14-18/h1,3-4,7-8,16-17H,2,5-6,9-14H2. The number of piperidine rings is 1. The van der Waals surface area contributed by atoms with E-state index in [2.05, 4.69) is 35.2 Å². The van der Waals surface area contributed by atoms with Gasteiger partial charge in [0.2, 0.25) is 0 Å². The zero-order valence-corrected chi connectivity index (χ0v) is 11.4. The highest BCUT2D eigenvalue weighted by molar-refractivity contribution is 5.20. The van der Waals surface area contributed by atoms with E-state index in [9.17, 15) is 0 Å². The molecule has 18 heavy (non-hydrogen) atoms. The summed E-state index contributed by atoms with van der Waals surface area (Å²) < 4.78 is 0. The molecular weight excluding hydrogens is 218 g/mol. The summed E-state index contributed by atoms with van der Waals surface area (Å²) in [5, 5.41) is 0. The number of likely N-dealkylation sites (tertiary alicyclic amines) is 1. The van der Waals surface area contributed by atoms with Gasteiger partial charge in [-0.15, -0.1) is 0 Å². The lowest BCUT2D eigenvalue weighted by atomic mass is 9.81. The number of rotatable bonds is 2. The minimum atomic E-state index is 0.826. The maximum Gasteiger partial charge on any atom is 0.00956 e. The second kappa shape index (κ2) is 5.88. The topological polar surface area (TPSA) is 3.24 Å². The lowest BCUT2D eigenvalue weighted by Crippen LogP contribution is -2.41. The Bertz CT molecular complexity index is 345. The van der Waals surface area contributed by atoms with Crippen molar-refractivity contribution in [1.82, 2.24) is 4.90 Å². The number of hydrogen-bond donors (Lipinski definition) is 0. The molecule has 3 rings (SSSR count). The Morgan fingerprint density at radius 2 is 1.44 bits per heavy atom. The van der Waals surface area contributed by atoms with Crippen LogP contribution in [0.5, 0.6) is 0 Å². The molecule has 2 aliphatic rings. The monoisotopic (exact) mass is 243 g/mol. The molecule has 1 aliphatic carbocycles. The van der Waals surface area contributed by atoms with E-state index in [1.807, 2.05) is 0 Å². The van der Waals surface area contributed by atoms with Crippen LogP contribution in [-0.4, -0.2) is 24.0 Å². The van der Waals surface area contributed by atoms with Gasteiger partial charge in [0.15, 0.2) is 0 Å². The van der Waals surface area contributed by atoms with E-state index in [1.54, 1.807) is 5.56 Å². The van der Waals surface area contributed by atoms with Gasteiger partial charge in [0.05, 0.1) is 0 Å². The Morgan fingerprint density at radius 3 is 2.11 bits per heavy atom. The van der Waals surface area contributed by atoms with Crippen molar-refractivity contribution in [2.45, 2.75) is 56.9 Å². The third-order valence-corrected chi connectivity index (χ3v) is 4.87. The Kier molecular flexibility index (Phi) is 3.99. The average molecular weight is 243 g/mol. The molecule has 0 unspecified atom stereocenters. The van der Waals surface area contributed by atoms with Crippen molar-refractivity contribution in [3.8, 4) is 0 Å². The maximum absolute atomic E-state index is 2.77. The van der Waals surface area contributed by atoms with Crippen molar-refractivity contribution in [1.29, 1.82) is 0 Å². The van der Waals surface area contributed by atoms with Crippen molar-refractivity contribution < 1.29 is 0 Å². The first-order valence-corrected chi connectivity index (χ1v) is 7.72. The van der Waals surface area contributed by atoms with Gasteiger partial charge in [-0.1, -0.05) is 36.8 Å². The summed E-state index contributed by atoms with van der Waals surface area (Å²) in [4.78, 5) is 2.77. The predicted octanol–water partition coefficient (Wildman–Crippen LogP) is 4.20. The van der Waals surface area contributed by atoms with E-state index in [-0.39, 0.29) is 0 Å². The molecule has 1 heterocycles. The third kappa shape index (κ3) is 2.77. The van der Waals surface area contributed by atoms with Gasteiger partial charge in [-0.3, -0.25) is 0 Å². The minimum absolute atomic E-state index is 0.826. The van der Waals surface area contributed by atoms with E-state index in [4.69, 9.17) is 0 Å². The van der Waals surface area contributed by atoms with Gasteiger partial charge in [0.1, 0.15) is 0 Å². The molecular formula is C17H25N. The van der Waals surface area contributed by atoms with Crippen LogP contribution in [0.4, 0.5) is 0 Å². The smallest absolute Gasteiger partial charge is 0.00956 e. The molecule has 1 aliphatic heterocycles. The van der Waals surface area contributed by atoms with Gasteiger partial charge in [0.25, 0.3) is 0 Å². The Balaban J connectivity index is 1.54. The van der Waals surface area contributed by atoms with Gasteiger partial charge in [-0.25, -0.2) is 0 Å². The third-order valence-electron chi connectivity index (χ3n) is 4.87. The fourth-order valence-corrected chi connectivity index (χ4v) is 3.78. The van der Waals surface area contributed by atoms with Crippen LogP contribution in [0, 0.1) is 0 Å². The highest BCUT2D eigenvalue weighted by Crippen LogP contribution is 2.35. The summed E-state index contributed by atoms with van der Waals surface area (Å²) in [7, 11) is 0. The molecule has 0 bridgehead atoms. The van der Waals surface area contributed by atoms with Crippen LogP contribution in [0.25, 0.3) is 0 Å². The fraction of sp³-hybridized carbons (Fsp3) is 0.647. The molecule has 2 fully saturated rings. The summed E-state index contributed by atoms with van der Waals surface area (Å²) in [5.41, 5.74) is 1.56. The molecule has 0 spiro atoms. The minimum Gasteiger partial charge on any atom is -0.300 e. The summed E-state index contributed by atoms with van der Waals surface area (Å²) >= 11 is 0. The van der Waals surface area contributed by atoms with Crippen molar-refractivity contribution >= 4 is 0 Å². The van der Waals surface area contributed by atoms with Crippen LogP contribution in [0.2, 0.25) is 0 Å². The molecule has 0 radical (unpaired) electrons. The SMILES string of the molecule is c1ccc(C2CCC(N3CCCCC3)CC2)cc1. The molecule has 1 saturated heterocycles. The summed E-state index contributed by atoms with van der Waals surface area (Å²) in [6.45, 7) is 2.72. The quantitative estimate of drug-likeness (QED) is 0.752. The van der Waals surface area contributed by atoms with Crippen LogP contribution >= 0.6 is 0 Å². The second-order valence-corrected chi connectivity index (χ2v) is 6.01. The molecule has 1 heteroatoms. The summed E-state index contributed by atoms with van der Waals surface area (Å²) in [6.07, 6.45) is 9.93. The molecule has 1 aromatic carbocycles. The van der Waals surface area contributed by atoms with E-state index in [0.29, 0.717) is 0 Å². The largest absolute Gasteiger partial charge is 0.300 e. The van der Waals surface area contributed by atoms with Crippen LogP contribution < -0.4 is 0 Å². The number of benzene rings is 1. The zero-order chi connectivity index (χ0) is 12.2. The van der Waals surface area contributed by atoms with E-state index < -0.39 is 0 Å². The Hall–Kier alpha value is -0.820. The molecule has 1 aromatic rings. The van der Waals surface area contributed by atoms with Gasteiger partial charge in [-0.05, 0) is 63.1 Å². The average Bonchev–Trinajstić information content (AvgIpc) is 2.49. The van der Waals surface area contributed by atoms with E-state index >= 15 is 0 Å². The fourth-order valence-electron chi connectivity index (χ4n) is 3.78. The lowest BCUT2D eigenvalue weighted by molar-refractivity contribution is 0.125. The van der Waals surface area contributed by atoms with Crippen LogP contribution in [0.15, 0.2) is 30.3 Å². The highest BCUT2D eigenvalue weighted by atomic mass is 15.2.